The van der Waals surface area contributed by atoms with Crippen LogP contribution in [-0.4, -0.2) is 17.0 Å². The Hall–Kier alpha value is -1.36. The summed E-state index contributed by atoms with van der Waals surface area (Å²) in [5, 5.41) is 3.90. The van der Waals surface area contributed by atoms with Gasteiger partial charge >= 0.3 is 0 Å². The molecule has 0 bridgehead atoms. The van der Waals surface area contributed by atoms with Gasteiger partial charge < -0.3 is 10.1 Å². The zero-order valence-corrected chi connectivity index (χ0v) is 13.7. The van der Waals surface area contributed by atoms with E-state index in [0.717, 1.165) is 11.5 Å². The molecule has 0 aliphatic heterocycles. The molecule has 0 radical (unpaired) electrons. The average Bonchev–Trinajstić information content (AvgIpc) is 2.45. The van der Waals surface area contributed by atoms with Gasteiger partial charge in [-0.25, -0.2) is 9.97 Å². The topological polar surface area (TPSA) is 47.0 Å². The van der Waals surface area contributed by atoms with Crippen molar-refractivity contribution < 1.29 is 4.74 Å². The Balaban J connectivity index is 2.36. The first-order valence-electron chi connectivity index (χ1n) is 6.65. The molecule has 6 heteroatoms. The van der Waals surface area contributed by atoms with Crippen LogP contribution in [0.3, 0.4) is 0 Å². The van der Waals surface area contributed by atoms with Crippen LogP contribution in [0.5, 0.6) is 11.5 Å². The molecule has 112 valence electrons. The van der Waals surface area contributed by atoms with E-state index in [9.17, 15) is 0 Å². The highest BCUT2D eigenvalue weighted by Gasteiger charge is 2.13. The highest BCUT2D eigenvalue weighted by atomic mass is 35.5. The van der Waals surface area contributed by atoms with Crippen LogP contribution in [0, 0.1) is 0 Å². The van der Waals surface area contributed by atoms with Crippen LogP contribution in [0.2, 0.25) is 10.0 Å². The van der Waals surface area contributed by atoms with Gasteiger partial charge in [-0.05, 0) is 19.2 Å². The van der Waals surface area contributed by atoms with Crippen molar-refractivity contribution in [2.45, 2.75) is 26.3 Å². The van der Waals surface area contributed by atoms with Crippen LogP contribution < -0.4 is 10.1 Å². The predicted molar refractivity (Wildman–Crippen MR) is 85.4 cm³/mol. The number of hydrogen-bond donors (Lipinski definition) is 1. The Kier molecular flexibility index (Phi) is 5.39. The van der Waals surface area contributed by atoms with E-state index in [1.807, 2.05) is 20.9 Å². The highest BCUT2D eigenvalue weighted by molar-refractivity contribution is 6.42. The van der Waals surface area contributed by atoms with Gasteiger partial charge in [0, 0.05) is 12.5 Å². The Bertz CT molecular complexity index is 632. The van der Waals surface area contributed by atoms with Crippen LogP contribution in [-0.2, 0) is 6.54 Å². The van der Waals surface area contributed by atoms with Crippen LogP contribution in [0.15, 0.2) is 24.4 Å². The normalized spacial score (nSPS) is 11.0. The summed E-state index contributed by atoms with van der Waals surface area (Å²) < 4.78 is 5.83. The van der Waals surface area contributed by atoms with Crippen molar-refractivity contribution in [2.24, 2.45) is 0 Å². The lowest BCUT2D eigenvalue weighted by molar-refractivity contribution is 0.465. The highest BCUT2D eigenvalue weighted by Crippen LogP contribution is 2.35. The van der Waals surface area contributed by atoms with E-state index in [1.165, 1.54) is 0 Å². The third-order valence-electron chi connectivity index (χ3n) is 2.84. The maximum atomic E-state index is 6.14. The molecule has 0 atom stereocenters. The molecule has 1 aromatic heterocycles. The number of benzene rings is 1. The lowest BCUT2D eigenvalue weighted by Crippen LogP contribution is -2.11. The molecule has 0 aliphatic rings. The SMILES string of the molecule is CNCc1nc(C(C)C)ncc1Oc1cccc(Cl)c1Cl. The fourth-order valence-electron chi connectivity index (χ4n) is 1.76. The van der Waals surface area contributed by atoms with Gasteiger partial charge in [-0.1, -0.05) is 43.1 Å². The first kappa shape index (κ1) is 16.0. The Labute approximate surface area is 134 Å². The second kappa shape index (κ2) is 7.07. The lowest BCUT2D eigenvalue weighted by atomic mass is 10.2. The summed E-state index contributed by atoms with van der Waals surface area (Å²) in [7, 11) is 1.85. The van der Waals surface area contributed by atoms with Crippen molar-refractivity contribution in [3.05, 3.63) is 46.0 Å². The van der Waals surface area contributed by atoms with Gasteiger partial charge in [0.25, 0.3) is 0 Å². The van der Waals surface area contributed by atoms with E-state index in [-0.39, 0.29) is 5.92 Å². The van der Waals surface area contributed by atoms with Crippen LogP contribution in [0.4, 0.5) is 0 Å². The van der Waals surface area contributed by atoms with Crippen LogP contribution in [0.1, 0.15) is 31.3 Å². The third kappa shape index (κ3) is 3.84. The second-order valence-corrected chi connectivity index (χ2v) is 5.66. The molecule has 0 aliphatic carbocycles. The quantitative estimate of drug-likeness (QED) is 0.883. The molecule has 1 N–H and O–H groups in total. The lowest BCUT2D eigenvalue weighted by Gasteiger charge is -2.13. The molecule has 0 unspecified atom stereocenters. The summed E-state index contributed by atoms with van der Waals surface area (Å²) in [5.41, 5.74) is 0.784. The number of hydrogen-bond acceptors (Lipinski definition) is 4. The number of nitrogens with zero attached hydrogens (tertiary/aromatic N) is 2. The number of ether oxygens (including phenoxy) is 1. The van der Waals surface area contributed by atoms with E-state index in [4.69, 9.17) is 27.9 Å². The Morgan fingerprint density at radius 3 is 2.67 bits per heavy atom. The first-order chi connectivity index (χ1) is 10.0. The zero-order valence-electron chi connectivity index (χ0n) is 12.2. The smallest absolute Gasteiger partial charge is 0.168 e. The van der Waals surface area contributed by atoms with Gasteiger partial charge in [0.15, 0.2) is 5.75 Å². The average molecular weight is 326 g/mol. The summed E-state index contributed by atoms with van der Waals surface area (Å²) >= 11 is 12.1. The number of rotatable bonds is 5. The molecule has 2 aromatic rings. The van der Waals surface area contributed by atoms with Crippen molar-refractivity contribution >= 4 is 23.2 Å². The molecular formula is C15H17Cl2N3O. The molecule has 21 heavy (non-hydrogen) atoms. The van der Waals surface area contributed by atoms with Crippen molar-refractivity contribution in [3.63, 3.8) is 0 Å². The molecule has 1 aromatic carbocycles. The van der Waals surface area contributed by atoms with Gasteiger partial charge in [-0.2, -0.15) is 0 Å². The van der Waals surface area contributed by atoms with Gasteiger partial charge in [-0.15, -0.1) is 0 Å². The number of aromatic nitrogens is 2. The minimum absolute atomic E-state index is 0.254. The summed E-state index contributed by atoms with van der Waals surface area (Å²) in [5.74, 6) is 2.09. The number of halogens is 2. The Morgan fingerprint density at radius 1 is 1.24 bits per heavy atom. The largest absolute Gasteiger partial charge is 0.452 e. The molecule has 0 spiro atoms. The summed E-state index contributed by atoms with van der Waals surface area (Å²) in [6, 6.07) is 5.25. The molecule has 4 nitrogen and oxygen atoms in total. The van der Waals surface area contributed by atoms with E-state index in [0.29, 0.717) is 28.1 Å². The summed E-state index contributed by atoms with van der Waals surface area (Å²) in [6.07, 6.45) is 1.67. The van der Waals surface area contributed by atoms with Gasteiger partial charge in [0.1, 0.15) is 22.3 Å². The summed E-state index contributed by atoms with van der Waals surface area (Å²) in [4.78, 5) is 8.86. The van der Waals surface area contributed by atoms with E-state index in [2.05, 4.69) is 15.3 Å². The van der Waals surface area contributed by atoms with Crippen molar-refractivity contribution in [2.75, 3.05) is 7.05 Å². The standard InChI is InChI=1S/C15H17Cl2N3O/c1-9(2)15-19-8-13(11(20-15)7-18-3)21-12-6-4-5-10(16)14(12)17/h4-6,8-9,18H,7H2,1-3H3. The van der Waals surface area contributed by atoms with Crippen molar-refractivity contribution in [1.29, 1.82) is 0 Å². The van der Waals surface area contributed by atoms with E-state index >= 15 is 0 Å². The molecule has 0 saturated carbocycles. The molecule has 0 saturated heterocycles. The van der Waals surface area contributed by atoms with Crippen molar-refractivity contribution in [1.82, 2.24) is 15.3 Å². The fraction of sp³-hybridized carbons (Fsp3) is 0.333. The maximum absolute atomic E-state index is 6.14. The molecule has 1 heterocycles. The van der Waals surface area contributed by atoms with Gasteiger partial charge in [0.05, 0.1) is 11.2 Å². The third-order valence-corrected chi connectivity index (χ3v) is 3.65. The maximum Gasteiger partial charge on any atom is 0.168 e. The molecule has 2 rings (SSSR count). The Morgan fingerprint density at radius 2 is 2.00 bits per heavy atom. The van der Waals surface area contributed by atoms with E-state index < -0.39 is 0 Å². The predicted octanol–water partition coefficient (Wildman–Crippen LogP) is 4.42. The summed E-state index contributed by atoms with van der Waals surface area (Å²) in [6.45, 7) is 4.68. The zero-order chi connectivity index (χ0) is 15.4. The minimum Gasteiger partial charge on any atom is -0.452 e. The minimum atomic E-state index is 0.254. The fourth-order valence-corrected chi connectivity index (χ4v) is 2.09. The van der Waals surface area contributed by atoms with Crippen LogP contribution in [0.25, 0.3) is 0 Å². The molecule has 0 amide bonds. The first-order valence-corrected chi connectivity index (χ1v) is 7.40. The molecular weight excluding hydrogens is 309 g/mol. The molecule has 0 fully saturated rings. The number of nitrogens with one attached hydrogen (secondary N) is 1. The van der Waals surface area contributed by atoms with Gasteiger partial charge in [-0.3, -0.25) is 0 Å². The van der Waals surface area contributed by atoms with E-state index in [1.54, 1.807) is 24.4 Å². The van der Waals surface area contributed by atoms with Gasteiger partial charge in [0.2, 0.25) is 0 Å². The monoisotopic (exact) mass is 325 g/mol. The second-order valence-electron chi connectivity index (χ2n) is 4.88. The van der Waals surface area contributed by atoms with Crippen molar-refractivity contribution in [3.8, 4) is 11.5 Å². The van der Waals surface area contributed by atoms with Crippen LogP contribution >= 0.6 is 23.2 Å².